The van der Waals surface area contributed by atoms with Gasteiger partial charge in [0.05, 0.1) is 0 Å². The first-order valence-electron chi connectivity index (χ1n) is 7.35. The molecule has 0 bridgehead atoms. The van der Waals surface area contributed by atoms with Crippen LogP contribution in [0.4, 0.5) is 0 Å². The van der Waals surface area contributed by atoms with Crippen LogP contribution in [0.15, 0.2) is 30.3 Å². The van der Waals surface area contributed by atoms with E-state index in [4.69, 9.17) is 0 Å². The second-order valence-electron chi connectivity index (χ2n) is 4.89. The maximum Gasteiger partial charge on any atom is 0.226 e. The normalized spacial score (nSPS) is 11.5. The first kappa shape index (κ1) is 17.7. The Morgan fingerprint density at radius 2 is 1.68 bits per heavy atom. The Kier molecular flexibility index (Phi) is 8.94. The van der Waals surface area contributed by atoms with Gasteiger partial charge in [0.1, 0.15) is 0 Å². The third-order valence-corrected chi connectivity index (χ3v) is 3.27. The van der Waals surface area contributed by atoms with E-state index in [1.807, 2.05) is 50.9 Å². The van der Waals surface area contributed by atoms with E-state index in [1.54, 1.807) is 0 Å². The Morgan fingerprint density at radius 3 is 2.11 bits per heavy atom. The van der Waals surface area contributed by atoms with Crippen molar-refractivity contribution in [2.24, 2.45) is 11.8 Å². The van der Waals surface area contributed by atoms with E-state index in [0.717, 1.165) is 13.0 Å². The van der Waals surface area contributed by atoms with Crippen molar-refractivity contribution in [2.45, 2.75) is 41.0 Å². The van der Waals surface area contributed by atoms with Crippen LogP contribution in [0.1, 0.15) is 40.2 Å². The van der Waals surface area contributed by atoms with E-state index in [-0.39, 0.29) is 11.8 Å². The van der Waals surface area contributed by atoms with Crippen molar-refractivity contribution < 1.29 is 4.79 Å². The first-order valence-corrected chi connectivity index (χ1v) is 7.35. The number of hydrogen-bond acceptors (Lipinski definition) is 1. The SMILES string of the molecule is CC.CCN(C)C(=O)C(Cc1ccccc1)C(C)C. The molecule has 0 aliphatic carbocycles. The lowest BCUT2D eigenvalue weighted by atomic mass is 9.88. The largest absolute Gasteiger partial charge is 0.346 e. The summed E-state index contributed by atoms with van der Waals surface area (Å²) in [6.07, 6.45) is 0.835. The van der Waals surface area contributed by atoms with Crippen LogP contribution in [0.2, 0.25) is 0 Å². The summed E-state index contributed by atoms with van der Waals surface area (Å²) in [5.74, 6) is 0.713. The molecular formula is C17H29NO. The van der Waals surface area contributed by atoms with Gasteiger partial charge in [0.15, 0.2) is 0 Å². The molecule has 0 radical (unpaired) electrons. The molecule has 0 fully saturated rings. The highest BCUT2D eigenvalue weighted by atomic mass is 16.2. The van der Waals surface area contributed by atoms with Crippen LogP contribution in [0.3, 0.4) is 0 Å². The lowest BCUT2D eigenvalue weighted by Gasteiger charge is -2.25. The third kappa shape index (κ3) is 5.91. The lowest BCUT2D eigenvalue weighted by molar-refractivity contribution is -0.135. The predicted octanol–water partition coefficient (Wildman–Crippen LogP) is 4.01. The van der Waals surface area contributed by atoms with Crippen molar-refractivity contribution in [3.8, 4) is 0 Å². The second kappa shape index (κ2) is 9.60. The van der Waals surface area contributed by atoms with Gasteiger partial charge in [-0.05, 0) is 24.8 Å². The van der Waals surface area contributed by atoms with Crippen LogP contribution in [-0.4, -0.2) is 24.4 Å². The summed E-state index contributed by atoms with van der Waals surface area (Å²) in [5.41, 5.74) is 1.24. The highest BCUT2D eigenvalue weighted by Crippen LogP contribution is 2.19. The molecule has 1 atom stereocenters. The number of rotatable bonds is 5. The van der Waals surface area contributed by atoms with Crippen LogP contribution in [0.5, 0.6) is 0 Å². The zero-order chi connectivity index (χ0) is 14.8. The van der Waals surface area contributed by atoms with Gasteiger partial charge >= 0.3 is 0 Å². The lowest BCUT2D eigenvalue weighted by Crippen LogP contribution is -2.36. The van der Waals surface area contributed by atoms with Crippen LogP contribution < -0.4 is 0 Å². The van der Waals surface area contributed by atoms with Crippen molar-refractivity contribution in [3.63, 3.8) is 0 Å². The molecule has 1 rings (SSSR count). The molecule has 2 nitrogen and oxygen atoms in total. The van der Waals surface area contributed by atoms with Crippen molar-refractivity contribution in [1.82, 2.24) is 4.90 Å². The average molecular weight is 263 g/mol. The number of carbonyl (C=O) groups excluding carboxylic acids is 1. The molecule has 0 aromatic heterocycles. The minimum atomic E-state index is 0.0855. The maximum atomic E-state index is 12.2. The summed E-state index contributed by atoms with van der Waals surface area (Å²) < 4.78 is 0. The van der Waals surface area contributed by atoms with Crippen LogP contribution >= 0.6 is 0 Å². The molecule has 0 aliphatic heterocycles. The van der Waals surface area contributed by atoms with Crippen molar-refractivity contribution >= 4 is 5.91 Å². The fraction of sp³-hybridized carbons (Fsp3) is 0.588. The Hall–Kier alpha value is -1.31. The molecular weight excluding hydrogens is 234 g/mol. The smallest absolute Gasteiger partial charge is 0.226 e. The van der Waals surface area contributed by atoms with Gasteiger partial charge in [-0.15, -0.1) is 0 Å². The van der Waals surface area contributed by atoms with E-state index >= 15 is 0 Å². The quantitative estimate of drug-likeness (QED) is 0.786. The first-order chi connectivity index (χ1) is 9.06. The molecule has 1 aromatic rings. The zero-order valence-electron chi connectivity index (χ0n) is 13.3. The average Bonchev–Trinajstić information content (AvgIpc) is 2.46. The Balaban J connectivity index is 0.00000154. The maximum absolute atomic E-state index is 12.2. The van der Waals surface area contributed by atoms with E-state index in [2.05, 4.69) is 26.0 Å². The standard InChI is InChI=1S/C15H23NO.C2H6/c1-5-16(4)15(17)14(12(2)3)11-13-9-7-6-8-10-13;1-2/h6-10,12,14H,5,11H2,1-4H3;1-2H3. The highest BCUT2D eigenvalue weighted by Gasteiger charge is 2.24. The number of carbonyl (C=O) groups is 1. The van der Waals surface area contributed by atoms with Gasteiger partial charge in [-0.3, -0.25) is 4.79 Å². The number of benzene rings is 1. The molecule has 1 aromatic carbocycles. The summed E-state index contributed by atoms with van der Waals surface area (Å²) >= 11 is 0. The van der Waals surface area contributed by atoms with Gasteiger partial charge in [0, 0.05) is 19.5 Å². The van der Waals surface area contributed by atoms with Gasteiger partial charge in [-0.1, -0.05) is 58.0 Å². The molecule has 0 spiro atoms. The molecule has 0 aliphatic rings. The molecule has 0 N–H and O–H groups in total. The summed E-state index contributed by atoms with van der Waals surface area (Å²) in [6.45, 7) is 11.0. The van der Waals surface area contributed by atoms with Crippen molar-refractivity contribution in [3.05, 3.63) is 35.9 Å². The van der Waals surface area contributed by atoms with Crippen LogP contribution in [0, 0.1) is 11.8 Å². The van der Waals surface area contributed by atoms with E-state index in [0.29, 0.717) is 5.92 Å². The van der Waals surface area contributed by atoms with E-state index in [1.165, 1.54) is 5.56 Å². The minimum Gasteiger partial charge on any atom is -0.346 e. The predicted molar refractivity (Wildman–Crippen MR) is 83.1 cm³/mol. The number of hydrogen-bond donors (Lipinski definition) is 0. The molecule has 1 unspecified atom stereocenters. The molecule has 0 saturated carbocycles. The third-order valence-electron chi connectivity index (χ3n) is 3.27. The Morgan fingerprint density at radius 1 is 1.16 bits per heavy atom. The topological polar surface area (TPSA) is 20.3 Å². The fourth-order valence-electron chi connectivity index (χ4n) is 1.92. The number of nitrogens with zero attached hydrogens (tertiary/aromatic N) is 1. The van der Waals surface area contributed by atoms with Crippen LogP contribution in [0.25, 0.3) is 0 Å². The summed E-state index contributed by atoms with van der Waals surface area (Å²) in [5, 5.41) is 0. The van der Waals surface area contributed by atoms with Crippen molar-refractivity contribution in [1.29, 1.82) is 0 Å². The minimum absolute atomic E-state index is 0.0855. The second-order valence-corrected chi connectivity index (χ2v) is 4.89. The molecule has 19 heavy (non-hydrogen) atoms. The van der Waals surface area contributed by atoms with E-state index in [9.17, 15) is 4.79 Å². The van der Waals surface area contributed by atoms with Crippen molar-refractivity contribution in [2.75, 3.05) is 13.6 Å². The Bertz CT molecular complexity index is 346. The van der Waals surface area contributed by atoms with Gasteiger partial charge in [-0.25, -0.2) is 0 Å². The summed E-state index contributed by atoms with van der Waals surface area (Å²) in [4.78, 5) is 14.1. The molecule has 108 valence electrons. The van der Waals surface area contributed by atoms with E-state index < -0.39 is 0 Å². The molecule has 1 amide bonds. The molecule has 0 saturated heterocycles. The highest BCUT2D eigenvalue weighted by molar-refractivity contribution is 5.79. The zero-order valence-corrected chi connectivity index (χ0v) is 13.3. The molecule has 2 heteroatoms. The molecule has 0 heterocycles. The fourth-order valence-corrected chi connectivity index (χ4v) is 1.92. The van der Waals surface area contributed by atoms with Gasteiger partial charge < -0.3 is 4.90 Å². The summed E-state index contributed by atoms with van der Waals surface area (Å²) in [6, 6.07) is 10.2. The van der Waals surface area contributed by atoms with Gasteiger partial charge in [-0.2, -0.15) is 0 Å². The van der Waals surface area contributed by atoms with Crippen LogP contribution in [-0.2, 0) is 11.2 Å². The Labute approximate surface area is 118 Å². The monoisotopic (exact) mass is 263 g/mol. The van der Waals surface area contributed by atoms with Gasteiger partial charge in [0.2, 0.25) is 5.91 Å². The van der Waals surface area contributed by atoms with Gasteiger partial charge in [0.25, 0.3) is 0 Å². The number of amides is 1. The summed E-state index contributed by atoms with van der Waals surface area (Å²) in [7, 11) is 1.88.